The maximum absolute atomic E-state index is 12.6. The molecule has 1 N–H and O–H groups in total. The third-order valence-corrected chi connectivity index (χ3v) is 6.12. The molecular weight excluding hydrogens is 436 g/mol. The van der Waals surface area contributed by atoms with Gasteiger partial charge in [-0.3, -0.25) is 4.79 Å². The first-order chi connectivity index (χ1) is 16.2. The van der Waals surface area contributed by atoms with Crippen molar-refractivity contribution in [1.29, 1.82) is 0 Å². The summed E-state index contributed by atoms with van der Waals surface area (Å²) in [5.74, 6) is 2.20. The van der Waals surface area contributed by atoms with Crippen molar-refractivity contribution in [2.24, 2.45) is 0 Å². The van der Waals surface area contributed by atoms with Gasteiger partial charge in [-0.2, -0.15) is 0 Å². The van der Waals surface area contributed by atoms with Crippen LogP contribution in [0.3, 0.4) is 0 Å². The minimum atomic E-state index is -0.170. The predicted molar refractivity (Wildman–Crippen MR) is 127 cm³/mol. The van der Waals surface area contributed by atoms with E-state index in [0.29, 0.717) is 16.7 Å². The zero-order valence-corrected chi connectivity index (χ0v) is 18.8. The first-order valence-electron chi connectivity index (χ1n) is 10.6. The first kappa shape index (κ1) is 21.2. The number of thioether (sulfide) groups is 1. The van der Waals surface area contributed by atoms with Crippen molar-refractivity contribution in [3.05, 3.63) is 84.4 Å². The quantitative estimate of drug-likeness (QED) is 0.358. The molecule has 6 nitrogen and oxygen atoms in total. The van der Waals surface area contributed by atoms with E-state index in [-0.39, 0.29) is 24.5 Å². The summed E-state index contributed by atoms with van der Waals surface area (Å²) >= 11 is 1.28. The largest absolute Gasteiger partial charge is 0.454 e. The average molecular weight is 459 g/mol. The molecule has 7 heteroatoms. The highest BCUT2D eigenvalue weighted by atomic mass is 32.2. The number of carbonyl (C=O) groups is 1. The summed E-state index contributed by atoms with van der Waals surface area (Å²) in [6.45, 7) is 2.16. The molecule has 0 aliphatic carbocycles. The van der Waals surface area contributed by atoms with Crippen LogP contribution in [0.4, 0.5) is 0 Å². The third kappa shape index (κ3) is 4.73. The van der Waals surface area contributed by atoms with Crippen molar-refractivity contribution >= 4 is 17.7 Å². The molecular formula is C26H22N2O4S. The van der Waals surface area contributed by atoms with Gasteiger partial charge in [0.1, 0.15) is 5.69 Å². The van der Waals surface area contributed by atoms with Crippen molar-refractivity contribution in [3.63, 3.8) is 0 Å². The normalized spacial score (nSPS) is 13.0. The Labute approximate surface area is 195 Å². The highest BCUT2D eigenvalue weighted by molar-refractivity contribution is 7.99. The zero-order chi connectivity index (χ0) is 22.6. The molecule has 0 radical (unpaired) electrons. The molecule has 1 unspecified atom stereocenters. The summed E-state index contributed by atoms with van der Waals surface area (Å²) < 4.78 is 16.9. The van der Waals surface area contributed by atoms with Crippen LogP contribution in [0, 0.1) is 0 Å². The van der Waals surface area contributed by atoms with Gasteiger partial charge in [-0.25, -0.2) is 4.98 Å². The fourth-order valence-electron chi connectivity index (χ4n) is 3.62. The predicted octanol–water partition coefficient (Wildman–Crippen LogP) is 5.71. The van der Waals surface area contributed by atoms with Crippen LogP contribution in [0.5, 0.6) is 11.5 Å². The number of hydrogen-bond acceptors (Lipinski definition) is 6. The number of hydrogen-bond donors (Lipinski definition) is 1. The highest BCUT2D eigenvalue weighted by Gasteiger charge is 2.20. The van der Waals surface area contributed by atoms with E-state index in [1.165, 1.54) is 11.8 Å². The molecule has 1 aliphatic rings. The minimum absolute atomic E-state index is 0.106. The van der Waals surface area contributed by atoms with E-state index < -0.39 is 0 Å². The third-order valence-electron chi connectivity index (χ3n) is 5.29. The molecule has 3 aromatic carbocycles. The Hall–Kier alpha value is -3.71. The number of nitrogens with one attached hydrogen (secondary N) is 1. The fraction of sp³-hybridized carbons (Fsp3) is 0.154. The Bertz CT molecular complexity index is 1200. The number of benzene rings is 3. The van der Waals surface area contributed by atoms with E-state index in [2.05, 4.69) is 5.32 Å². The lowest BCUT2D eigenvalue weighted by molar-refractivity contribution is -0.119. The number of ether oxygens (including phenoxy) is 2. The Morgan fingerprint density at radius 3 is 2.42 bits per heavy atom. The van der Waals surface area contributed by atoms with E-state index in [9.17, 15) is 4.79 Å². The van der Waals surface area contributed by atoms with Gasteiger partial charge in [0.15, 0.2) is 17.3 Å². The molecule has 0 spiro atoms. The molecule has 166 valence electrons. The lowest BCUT2D eigenvalue weighted by Gasteiger charge is -2.14. The summed E-state index contributed by atoms with van der Waals surface area (Å²) in [7, 11) is 0. The van der Waals surface area contributed by atoms with E-state index in [1.807, 2.05) is 85.8 Å². The standard InChI is InChI=1S/C26H22N2O4S/c1-17(20-12-13-21-22(14-20)31-16-30-21)27-23(29)15-33-26-28-24(18-8-4-2-5-9-18)25(32-26)19-10-6-3-7-11-19/h2-14,17H,15-16H2,1H3,(H,27,29). The molecule has 4 aromatic rings. The fourth-order valence-corrected chi connectivity index (χ4v) is 4.25. The number of oxazole rings is 1. The van der Waals surface area contributed by atoms with Crippen LogP contribution in [0.1, 0.15) is 18.5 Å². The zero-order valence-electron chi connectivity index (χ0n) is 18.0. The second kappa shape index (κ2) is 9.42. The topological polar surface area (TPSA) is 73.6 Å². The van der Waals surface area contributed by atoms with Gasteiger partial charge in [-0.1, -0.05) is 78.5 Å². The lowest BCUT2D eigenvalue weighted by Crippen LogP contribution is -2.28. The lowest BCUT2D eigenvalue weighted by atomic mass is 10.1. The number of fused-ring (bicyclic) bond motifs is 1. The van der Waals surface area contributed by atoms with Crippen molar-refractivity contribution in [2.75, 3.05) is 12.5 Å². The molecule has 0 saturated carbocycles. The van der Waals surface area contributed by atoms with Crippen molar-refractivity contribution in [1.82, 2.24) is 10.3 Å². The number of aromatic nitrogens is 1. The summed E-state index contributed by atoms with van der Waals surface area (Å²) in [5.41, 5.74) is 3.62. The van der Waals surface area contributed by atoms with Crippen LogP contribution >= 0.6 is 11.8 Å². The molecule has 0 bridgehead atoms. The van der Waals surface area contributed by atoms with E-state index in [4.69, 9.17) is 18.9 Å². The van der Waals surface area contributed by atoms with Crippen LogP contribution in [-0.4, -0.2) is 23.4 Å². The van der Waals surface area contributed by atoms with Gasteiger partial charge in [0.2, 0.25) is 12.7 Å². The molecule has 1 atom stereocenters. The summed E-state index contributed by atoms with van der Waals surface area (Å²) in [5, 5.41) is 3.47. The number of amides is 1. The van der Waals surface area contributed by atoms with Gasteiger partial charge in [0, 0.05) is 11.1 Å². The van der Waals surface area contributed by atoms with Gasteiger partial charge in [-0.05, 0) is 24.6 Å². The van der Waals surface area contributed by atoms with Gasteiger partial charge >= 0.3 is 0 Å². The summed E-state index contributed by atoms with van der Waals surface area (Å²) in [4.78, 5) is 17.3. The molecule has 1 aliphatic heterocycles. The molecule has 0 fully saturated rings. The van der Waals surface area contributed by atoms with Crippen LogP contribution in [0.15, 0.2) is 88.5 Å². The molecule has 1 amide bonds. The van der Waals surface area contributed by atoms with Crippen molar-refractivity contribution in [3.8, 4) is 34.1 Å². The summed E-state index contributed by atoms with van der Waals surface area (Å²) in [6.07, 6.45) is 0. The molecule has 1 aromatic heterocycles. The van der Waals surface area contributed by atoms with E-state index in [1.54, 1.807) is 0 Å². The van der Waals surface area contributed by atoms with E-state index >= 15 is 0 Å². The van der Waals surface area contributed by atoms with Crippen LogP contribution in [0.2, 0.25) is 0 Å². The van der Waals surface area contributed by atoms with Crippen LogP contribution in [-0.2, 0) is 4.79 Å². The second-order valence-corrected chi connectivity index (χ2v) is 8.51. The van der Waals surface area contributed by atoms with Gasteiger partial charge in [0.05, 0.1) is 11.8 Å². The average Bonchev–Trinajstić information content (AvgIpc) is 3.50. The smallest absolute Gasteiger partial charge is 0.257 e. The van der Waals surface area contributed by atoms with Crippen molar-refractivity contribution < 1.29 is 18.7 Å². The van der Waals surface area contributed by atoms with Gasteiger partial charge < -0.3 is 19.2 Å². The van der Waals surface area contributed by atoms with Gasteiger partial charge in [0.25, 0.3) is 5.22 Å². The highest BCUT2D eigenvalue weighted by Crippen LogP contribution is 2.36. The first-order valence-corrected chi connectivity index (χ1v) is 11.6. The monoisotopic (exact) mass is 458 g/mol. The summed E-state index contributed by atoms with van der Waals surface area (Å²) in [6, 6.07) is 25.3. The Morgan fingerprint density at radius 1 is 0.970 bits per heavy atom. The number of rotatable bonds is 7. The Morgan fingerprint density at radius 2 is 1.67 bits per heavy atom. The Balaban J connectivity index is 1.28. The van der Waals surface area contributed by atoms with Crippen molar-refractivity contribution in [2.45, 2.75) is 18.2 Å². The Kier molecular flexibility index (Phi) is 6.04. The van der Waals surface area contributed by atoms with Crippen LogP contribution < -0.4 is 14.8 Å². The second-order valence-electron chi connectivity index (χ2n) is 7.58. The van der Waals surface area contributed by atoms with E-state index in [0.717, 1.165) is 28.1 Å². The maximum atomic E-state index is 12.6. The molecule has 33 heavy (non-hydrogen) atoms. The SMILES string of the molecule is CC(NC(=O)CSc1nc(-c2ccccc2)c(-c2ccccc2)o1)c1ccc2c(c1)OCO2. The van der Waals surface area contributed by atoms with Crippen LogP contribution in [0.25, 0.3) is 22.6 Å². The minimum Gasteiger partial charge on any atom is -0.454 e. The maximum Gasteiger partial charge on any atom is 0.257 e. The molecule has 2 heterocycles. The number of nitrogens with zero attached hydrogens (tertiary/aromatic N) is 1. The van der Waals surface area contributed by atoms with Gasteiger partial charge in [-0.15, -0.1) is 0 Å². The molecule has 0 saturated heterocycles. The molecule has 5 rings (SSSR count). The number of carbonyl (C=O) groups excluding carboxylic acids is 1.